The van der Waals surface area contributed by atoms with Crippen LogP contribution in [0.4, 0.5) is 5.69 Å². The average Bonchev–Trinajstić information content (AvgIpc) is 3.17. The number of hydrogen-bond acceptors (Lipinski definition) is 4. The number of carbonyl (C=O) groups excluding carboxylic acids is 2. The lowest BCUT2D eigenvalue weighted by Crippen LogP contribution is -2.48. The van der Waals surface area contributed by atoms with E-state index in [4.69, 9.17) is 4.74 Å². The predicted octanol–water partition coefficient (Wildman–Crippen LogP) is 2.10. The van der Waals surface area contributed by atoms with Crippen molar-refractivity contribution in [1.82, 2.24) is 10.2 Å². The molecule has 152 valence electrons. The maximum atomic E-state index is 13.2. The van der Waals surface area contributed by atoms with Gasteiger partial charge in [0.05, 0.1) is 13.2 Å². The summed E-state index contributed by atoms with van der Waals surface area (Å²) >= 11 is 0. The van der Waals surface area contributed by atoms with E-state index in [9.17, 15) is 9.59 Å². The van der Waals surface area contributed by atoms with Gasteiger partial charge in [0.1, 0.15) is 6.04 Å². The topological polar surface area (TPSA) is 61.9 Å². The zero-order valence-electron chi connectivity index (χ0n) is 16.5. The van der Waals surface area contributed by atoms with Crippen LogP contribution in [0.3, 0.4) is 0 Å². The molecule has 6 nitrogen and oxygen atoms in total. The third-order valence-corrected chi connectivity index (χ3v) is 5.57. The summed E-state index contributed by atoms with van der Waals surface area (Å²) in [6.07, 6.45) is 1.43. The first kappa shape index (κ1) is 19.6. The molecule has 0 aliphatic carbocycles. The Hall–Kier alpha value is -2.70. The van der Waals surface area contributed by atoms with Gasteiger partial charge in [0, 0.05) is 37.3 Å². The summed E-state index contributed by atoms with van der Waals surface area (Å²) in [5, 5.41) is 3.04. The van der Waals surface area contributed by atoms with E-state index in [0.717, 1.165) is 50.5 Å². The second-order valence-corrected chi connectivity index (χ2v) is 7.49. The van der Waals surface area contributed by atoms with Crippen molar-refractivity contribution in [3.8, 4) is 0 Å². The highest BCUT2D eigenvalue weighted by molar-refractivity contribution is 6.11. The number of ether oxygens (including phenoxy) is 1. The Morgan fingerprint density at radius 2 is 1.72 bits per heavy atom. The molecule has 2 aliphatic rings. The van der Waals surface area contributed by atoms with Gasteiger partial charge in [0.2, 0.25) is 5.91 Å². The number of nitrogens with zero attached hydrogens (tertiary/aromatic N) is 2. The van der Waals surface area contributed by atoms with E-state index in [2.05, 4.69) is 10.2 Å². The number of carbonyl (C=O) groups is 2. The predicted molar refractivity (Wildman–Crippen MR) is 112 cm³/mol. The van der Waals surface area contributed by atoms with Crippen LogP contribution in [0.2, 0.25) is 0 Å². The maximum absolute atomic E-state index is 13.2. The van der Waals surface area contributed by atoms with E-state index >= 15 is 0 Å². The molecule has 0 saturated carbocycles. The largest absolute Gasteiger partial charge is 0.379 e. The Labute approximate surface area is 171 Å². The van der Waals surface area contributed by atoms with Gasteiger partial charge in [-0.3, -0.25) is 19.4 Å². The van der Waals surface area contributed by atoms with Gasteiger partial charge in [-0.1, -0.05) is 36.4 Å². The second-order valence-electron chi connectivity index (χ2n) is 7.49. The molecule has 1 N–H and O–H groups in total. The molecule has 6 heteroatoms. The Kier molecular flexibility index (Phi) is 6.22. The van der Waals surface area contributed by atoms with Gasteiger partial charge in [-0.25, -0.2) is 0 Å². The second kappa shape index (κ2) is 9.20. The lowest BCUT2D eigenvalue weighted by atomic mass is 10.1. The molecule has 0 bridgehead atoms. The van der Waals surface area contributed by atoms with Crippen LogP contribution >= 0.6 is 0 Å². The quantitative estimate of drug-likeness (QED) is 0.764. The first-order valence-corrected chi connectivity index (χ1v) is 10.3. The van der Waals surface area contributed by atoms with Gasteiger partial charge in [-0.05, 0) is 36.7 Å². The fraction of sp³-hybridized carbons (Fsp3) is 0.391. The van der Waals surface area contributed by atoms with Crippen LogP contribution in [0.15, 0.2) is 54.6 Å². The number of para-hydroxylation sites is 1. The SMILES string of the molecule is O=C(NCCCN1CCOCC1)[C@@H]1Cc2ccccc2N1C(=O)c1ccccc1. The fourth-order valence-corrected chi connectivity index (χ4v) is 4.02. The molecule has 0 spiro atoms. The summed E-state index contributed by atoms with van der Waals surface area (Å²) in [7, 11) is 0. The number of rotatable bonds is 6. The minimum absolute atomic E-state index is 0.0903. The number of hydrogen-bond donors (Lipinski definition) is 1. The summed E-state index contributed by atoms with van der Waals surface area (Å²) in [5.74, 6) is -0.225. The number of benzene rings is 2. The summed E-state index contributed by atoms with van der Waals surface area (Å²) < 4.78 is 5.36. The standard InChI is InChI=1S/C23H27N3O3/c27-22(24-11-6-12-25-13-15-29-16-14-25)21-17-19-9-4-5-10-20(19)26(21)23(28)18-7-2-1-3-8-18/h1-5,7-10,21H,6,11-17H2,(H,24,27)/t21-/m0/s1. The maximum Gasteiger partial charge on any atom is 0.259 e. The van der Waals surface area contributed by atoms with Crippen molar-refractivity contribution in [1.29, 1.82) is 0 Å². The highest BCUT2D eigenvalue weighted by atomic mass is 16.5. The smallest absolute Gasteiger partial charge is 0.259 e. The van der Waals surface area contributed by atoms with Gasteiger partial charge in [0.25, 0.3) is 5.91 Å². The van der Waals surface area contributed by atoms with Crippen molar-refractivity contribution >= 4 is 17.5 Å². The molecule has 2 aliphatic heterocycles. The van der Waals surface area contributed by atoms with E-state index in [-0.39, 0.29) is 11.8 Å². The Morgan fingerprint density at radius 1 is 1.00 bits per heavy atom. The van der Waals surface area contributed by atoms with Crippen LogP contribution in [0.1, 0.15) is 22.3 Å². The highest BCUT2D eigenvalue weighted by Crippen LogP contribution is 2.33. The van der Waals surface area contributed by atoms with Crippen molar-refractivity contribution in [3.63, 3.8) is 0 Å². The van der Waals surface area contributed by atoms with E-state index in [1.165, 1.54) is 0 Å². The molecule has 29 heavy (non-hydrogen) atoms. The van der Waals surface area contributed by atoms with Gasteiger partial charge in [-0.15, -0.1) is 0 Å². The molecular weight excluding hydrogens is 366 g/mol. The van der Waals surface area contributed by atoms with Gasteiger partial charge >= 0.3 is 0 Å². The molecule has 1 atom stereocenters. The number of fused-ring (bicyclic) bond motifs is 1. The van der Waals surface area contributed by atoms with E-state index in [1.54, 1.807) is 17.0 Å². The first-order chi connectivity index (χ1) is 14.2. The monoisotopic (exact) mass is 393 g/mol. The number of nitrogens with one attached hydrogen (secondary N) is 1. The molecule has 2 amide bonds. The van der Waals surface area contributed by atoms with Crippen molar-refractivity contribution in [2.45, 2.75) is 18.9 Å². The first-order valence-electron chi connectivity index (χ1n) is 10.3. The third-order valence-electron chi connectivity index (χ3n) is 5.57. The lowest BCUT2D eigenvalue weighted by molar-refractivity contribution is -0.122. The number of amides is 2. The van der Waals surface area contributed by atoms with Crippen LogP contribution in [-0.4, -0.2) is 62.1 Å². The molecule has 0 radical (unpaired) electrons. The van der Waals surface area contributed by atoms with Gasteiger partial charge in [0.15, 0.2) is 0 Å². The third kappa shape index (κ3) is 4.49. The molecule has 2 heterocycles. The Bertz CT molecular complexity index is 849. The van der Waals surface area contributed by atoms with E-state index in [1.807, 2.05) is 42.5 Å². The van der Waals surface area contributed by atoms with Crippen LogP contribution in [0.25, 0.3) is 0 Å². The summed E-state index contributed by atoms with van der Waals surface area (Å²) in [6.45, 7) is 5.01. The van der Waals surface area contributed by atoms with Crippen molar-refractivity contribution in [2.24, 2.45) is 0 Å². The summed E-state index contributed by atoms with van der Waals surface area (Å²) in [4.78, 5) is 30.2. The zero-order valence-corrected chi connectivity index (χ0v) is 16.5. The number of anilines is 1. The normalized spacial score (nSPS) is 19.0. The molecular formula is C23H27N3O3. The molecule has 0 aromatic heterocycles. The van der Waals surface area contributed by atoms with E-state index < -0.39 is 6.04 Å². The molecule has 4 rings (SSSR count). The molecule has 1 fully saturated rings. The Balaban J connectivity index is 1.41. The molecule has 0 unspecified atom stereocenters. The minimum atomic E-state index is -0.511. The van der Waals surface area contributed by atoms with Gasteiger partial charge < -0.3 is 10.1 Å². The van der Waals surface area contributed by atoms with Crippen molar-refractivity contribution in [2.75, 3.05) is 44.3 Å². The highest BCUT2D eigenvalue weighted by Gasteiger charge is 2.38. The molecule has 2 aromatic rings. The van der Waals surface area contributed by atoms with Gasteiger partial charge in [-0.2, -0.15) is 0 Å². The van der Waals surface area contributed by atoms with E-state index in [0.29, 0.717) is 18.5 Å². The molecule has 1 saturated heterocycles. The van der Waals surface area contributed by atoms with Crippen LogP contribution in [0, 0.1) is 0 Å². The lowest BCUT2D eigenvalue weighted by Gasteiger charge is -2.27. The number of morpholine rings is 1. The zero-order chi connectivity index (χ0) is 20.1. The fourth-order valence-electron chi connectivity index (χ4n) is 4.02. The minimum Gasteiger partial charge on any atom is -0.379 e. The van der Waals surface area contributed by atoms with Crippen LogP contribution in [0.5, 0.6) is 0 Å². The van der Waals surface area contributed by atoms with Crippen molar-refractivity contribution < 1.29 is 14.3 Å². The van der Waals surface area contributed by atoms with Crippen LogP contribution in [-0.2, 0) is 16.0 Å². The Morgan fingerprint density at radius 3 is 2.52 bits per heavy atom. The van der Waals surface area contributed by atoms with Crippen molar-refractivity contribution in [3.05, 3.63) is 65.7 Å². The average molecular weight is 393 g/mol. The molecule has 2 aromatic carbocycles. The summed E-state index contributed by atoms with van der Waals surface area (Å²) in [6, 6.07) is 16.4. The van der Waals surface area contributed by atoms with Crippen LogP contribution < -0.4 is 10.2 Å². The summed E-state index contributed by atoms with van der Waals surface area (Å²) in [5.41, 5.74) is 2.45.